The zero-order chi connectivity index (χ0) is 11.7. The molecule has 0 amide bonds. The zero-order valence-corrected chi connectivity index (χ0v) is 9.25. The van der Waals surface area contributed by atoms with Crippen molar-refractivity contribution < 1.29 is 10.0 Å². The molecule has 0 saturated carbocycles. The van der Waals surface area contributed by atoms with E-state index in [-0.39, 0.29) is 0 Å². The van der Waals surface area contributed by atoms with Crippen LogP contribution in [0.5, 0.6) is 0 Å². The molecule has 0 saturated heterocycles. The largest absolute Gasteiger partial charge is 0.488 e. The van der Waals surface area contributed by atoms with E-state index in [0.29, 0.717) is 5.46 Å². The second kappa shape index (κ2) is 4.12. The van der Waals surface area contributed by atoms with E-state index in [1.54, 1.807) is 12.1 Å². The average molecular weight is 216 g/mol. The molecule has 16 heavy (non-hydrogen) atoms. The van der Waals surface area contributed by atoms with Crippen molar-refractivity contribution in [2.24, 2.45) is 0 Å². The van der Waals surface area contributed by atoms with Crippen molar-refractivity contribution in [3.05, 3.63) is 41.7 Å². The maximum atomic E-state index is 8.98. The lowest BCUT2D eigenvalue weighted by atomic mass is 9.80. The maximum absolute atomic E-state index is 8.98. The predicted molar refractivity (Wildman–Crippen MR) is 62.9 cm³/mol. The second-order valence-electron chi connectivity index (χ2n) is 3.80. The predicted octanol–water partition coefficient (Wildman–Crippen LogP) is 0.169. The van der Waals surface area contributed by atoms with Crippen molar-refractivity contribution in [1.29, 1.82) is 0 Å². The summed E-state index contributed by atoms with van der Waals surface area (Å²) in [6.45, 7) is 3.92. The summed E-state index contributed by atoms with van der Waals surface area (Å²) in [5, 5.41) is 22.3. The molecule has 0 atom stereocenters. The van der Waals surface area contributed by atoms with Crippen LogP contribution in [0, 0.1) is 13.8 Å². The first-order chi connectivity index (χ1) is 7.58. The number of hydrogen-bond donors (Lipinski definition) is 2. The molecule has 0 radical (unpaired) electrons. The van der Waals surface area contributed by atoms with Gasteiger partial charge in [-0.3, -0.25) is 0 Å². The molecular formula is C11H13BN2O2. The second-order valence-corrected chi connectivity index (χ2v) is 3.80. The summed E-state index contributed by atoms with van der Waals surface area (Å²) >= 11 is 0. The van der Waals surface area contributed by atoms with Crippen LogP contribution >= 0.6 is 0 Å². The number of aromatic nitrogens is 2. The first kappa shape index (κ1) is 10.9. The molecule has 0 aliphatic heterocycles. The van der Waals surface area contributed by atoms with Crippen LogP contribution in [0.1, 0.15) is 11.4 Å². The van der Waals surface area contributed by atoms with Crippen molar-refractivity contribution in [1.82, 2.24) is 9.78 Å². The summed E-state index contributed by atoms with van der Waals surface area (Å²) in [5.74, 6) is 0. The fourth-order valence-corrected chi connectivity index (χ4v) is 1.68. The van der Waals surface area contributed by atoms with Crippen LogP contribution in [0.25, 0.3) is 5.69 Å². The SMILES string of the molecule is Cc1cc(C)n(-c2ccc(B(O)O)cc2)n1. The van der Waals surface area contributed by atoms with Gasteiger partial charge in [0.15, 0.2) is 0 Å². The average Bonchev–Trinajstić information content (AvgIpc) is 2.58. The molecule has 0 fully saturated rings. The van der Waals surface area contributed by atoms with Crippen LogP contribution in [0.4, 0.5) is 0 Å². The quantitative estimate of drug-likeness (QED) is 0.703. The van der Waals surface area contributed by atoms with Crippen LogP contribution in [0.15, 0.2) is 30.3 Å². The third-order valence-electron chi connectivity index (χ3n) is 2.45. The lowest BCUT2D eigenvalue weighted by Crippen LogP contribution is -2.29. The summed E-state index contributed by atoms with van der Waals surface area (Å²) in [6, 6.07) is 8.98. The Morgan fingerprint density at radius 3 is 2.19 bits per heavy atom. The Labute approximate surface area is 94.3 Å². The van der Waals surface area contributed by atoms with E-state index in [1.807, 2.05) is 36.7 Å². The standard InChI is InChI=1S/C11H13BN2O2/c1-8-7-9(2)14(13-8)11-5-3-10(4-6-11)12(15)16/h3-7,15-16H,1-2H3. The van der Waals surface area contributed by atoms with Crippen LogP contribution in [0.3, 0.4) is 0 Å². The maximum Gasteiger partial charge on any atom is 0.488 e. The summed E-state index contributed by atoms with van der Waals surface area (Å²) in [7, 11) is -1.42. The molecule has 4 nitrogen and oxygen atoms in total. The van der Waals surface area contributed by atoms with Gasteiger partial charge in [-0.05, 0) is 37.5 Å². The normalized spacial score (nSPS) is 10.5. The summed E-state index contributed by atoms with van der Waals surface area (Å²) in [4.78, 5) is 0. The van der Waals surface area contributed by atoms with Crippen LogP contribution < -0.4 is 5.46 Å². The van der Waals surface area contributed by atoms with E-state index in [1.165, 1.54) is 0 Å². The highest BCUT2D eigenvalue weighted by Crippen LogP contribution is 2.10. The first-order valence-electron chi connectivity index (χ1n) is 5.07. The molecule has 1 aromatic carbocycles. The van der Waals surface area contributed by atoms with Gasteiger partial charge in [0.1, 0.15) is 0 Å². The van der Waals surface area contributed by atoms with Gasteiger partial charge in [-0.1, -0.05) is 12.1 Å². The molecule has 82 valence electrons. The summed E-state index contributed by atoms with van der Waals surface area (Å²) in [5.41, 5.74) is 3.40. The Morgan fingerprint density at radius 2 is 1.75 bits per heavy atom. The van der Waals surface area contributed by atoms with Crippen molar-refractivity contribution in [2.45, 2.75) is 13.8 Å². The van der Waals surface area contributed by atoms with Crippen molar-refractivity contribution in [2.75, 3.05) is 0 Å². The highest BCUT2D eigenvalue weighted by molar-refractivity contribution is 6.58. The first-order valence-corrected chi connectivity index (χ1v) is 5.07. The highest BCUT2D eigenvalue weighted by atomic mass is 16.4. The van der Waals surface area contributed by atoms with Crippen molar-refractivity contribution >= 4 is 12.6 Å². The van der Waals surface area contributed by atoms with Gasteiger partial charge in [0.25, 0.3) is 0 Å². The lowest BCUT2D eigenvalue weighted by molar-refractivity contribution is 0.426. The zero-order valence-electron chi connectivity index (χ0n) is 9.25. The number of hydrogen-bond acceptors (Lipinski definition) is 3. The minimum atomic E-state index is -1.42. The molecule has 0 bridgehead atoms. The number of rotatable bonds is 2. The molecule has 2 rings (SSSR count). The number of nitrogens with zero attached hydrogens (tertiary/aromatic N) is 2. The fourth-order valence-electron chi connectivity index (χ4n) is 1.68. The van der Waals surface area contributed by atoms with Gasteiger partial charge in [-0.25, -0.2) is 4.68 Å². The molecule has 2 aromatic rings. The highest BCUT2D eigenvalue weighted by Gasteiger charge is 2.10. The molecule has 0 unspecified atom stereocenters. The van der Waals surface area contributed by atoms with Crippen molar-refractivity contribution in [3.63, 3.8) is 0 Å². The number of benzene rings is 1. The van der Waals surface area contributed by atoms with Gasteiger partial charge in [-0.15, -0.1) is 0 Å². The minimum Gasteiger partial charge on any atom is -0.423 e. The van der Waals surface area contributed by atoms with E-state index in [2.05, 4.69) is 5.10 Å². The third-order valence-corrected chi connectivity index (χ3v) is 2.45. The van der Waals surface area contributed by atoms with Gasteiger partial charge >= 0.3 is 7.12 Å². The topological polar surface area (TPSA) is 58.3 Å². The smallest absolute Gasteiger partial charge is 0.423 e. The van der Waals surface area contributed by atoms with E-state index in [0.717, 1.165) is 17.1 Å². The monoisotopic (exact) mass is 216 g/mol. The molecular weight excluding hydrogens is 203 g/mol. The van der Waals surface area contributed by atoms with E-state index >= 15 is 0 Å². The Kier molecular flexibility index (Phi) is 2.81. The lowest BCUT2D eigenvalue weighted by Gasteiger charge is -2.05. The van der Waals surface area contributed by atoms with Gasteiger partial charge < -0.3 is 10.0 Å². The van der Waals surface area contributed by atoms with Crippen molar-refractivity contribution in [3.8, 4) is 5.69 Å². The molecule has 0 aliphatic carbocycles. The molecule has 2 N–H and O–H groups in total. The van der Waals surface area contributed by atoms with Crippen LogP contribution in [-0.2, 0) is 0 Å². The third kappa shape index (κ3) is 2.00. The van der Waals surface area contributed by atoms with Crippen LogP contribution in [0.2, 0.25) is 0 Å². The van der Waals surface area contributed by atoms with Crippen LogP contribution in [-0.4, -0.2) is 26.9 Å². The molecule has 5 heteroatoms. The molecule has 1 heterocycles. The molecule has 0 aliphatic rings. The summed E-state index contributed by atoms with van der Waals surface area (Å²) in [6.07, 6.45) is 0. The Balaban J connectivity index is 2.38. The molecule has 0 spiro atoms. The van der Waals surface area contributed by atoms with E-state index < -0.39 is 7.12 Å². The van der Waals surface area contributed by atoms with Gasteiger partial charge in [0.2, 0.25) is 0 Å². The fraction of sp³-hybridized carbons (Fsp3) is 0.182. The van der Waals surface area contributed by atoms with Gasteiger partial charge in [0.05, 0.1) is 11.4 Å². The number of aryl methyl sites for hydroxylation is 2. The van der Waals surface area contributed by atoms with Gasteiger partial charge in [-0.2, -0.15) is 5.10 Å². The molecule has 1 aromatic heterocycles. The Morgan fingerprint density at radius 1 is 1.12 bits per heavy atom. The van der Waals surface area contributed by atoms with Gasteiger partial charge in [0, 0.05) is 5.69 Å². The summed E-state index contributed by atoms with van der Waals surface area (Å²) < 4.78 is 1.82. The van der Waals surface area contributed by atoms with E-state index in [9.17, 15) is 0 Å². The minimum absolute atomic E-state index is 0.477. The van der Waals surface area contributed by atoms with E-state index in [4.69, 9.17) is 10.0 Å². The Bertz CT molecular complexity index is 491. The Hall–Kier alpha value is -1.59.